The lowest BCUT2D eigenvalue weighted by Crippen LogP contribution is -2.00. The first kappa shape index (κ1) is 17.6. The quantitative estimate of drug-likeness (QED) is 0.243. The third kappa shape index (κ3) is 3.39. The monoisotopic (exact) mass is 390 g/mol. The molecule has 1 aromatic heterocycles. The maximum absolute atomic E-state index is 2.47. The standard InChI is InChI=1S/C25H26S2/c1-3-4-5-6-7-23-13-22-12-18-10-19-14-24-21(8-16(2)26-24)11-17(19)9-20(18)15-25(22)27-23/h8-12,14-15,23H,3-7,13H2,1-2H3. The molecule has 27 heavy (non-hydrogen) atoms. The Labute approximate surface area is 170 Å². The second kappa shape index (κ2) is 7.14. The molecule has 1 unspecified atom stereocenters. The fourth-order valence-electron chi connectivity index (χ4n) is 4.44. The molecule has 1 atom stereocenters. The molecule has 0 amide bonds. The van der Waals surface area contributed by atoms with E-state index in [1.807, 2.05) is 11.3 Å². The van der Waals surface area contributed by atoms with Gasteiger partial charge in [-0.25, -0.2) is 0 Å². The SMILES string of the molecule is CCCCCCC1Cc2cc3cc4cc5sc(C)cc5cc4cc3cc2S1. The van der Waals surface area contributed by atoms with Gasteiger partial charge in [0.1, 0.15) is 0 Å². The topological polar surface area (TPSA) is 0 Å². The first-order chi connectivity index (χ1) is 13.2. The van der Waals surface area contributed by atoms with Gasteiger partial charge in [0.05, 0.1) is 0 Å². The molecule has 0 N–H and O–H groups in total. The van der Waals surface area contributed by atoms with Gasteiger partial charge in [-0.3, -0.25) is 0 Å². The van der Waals surface area contributed by atoms with E-state index in [0.29, 0.717) is 0 Å². The summed E-state index contributed by atoms with van der Waals surface area (Å²) in [4.78, 5) is 2.92. The molecule has 2 heterocycles. The van der Waals surface area contributed by atoms with Crippen molar-refractivity contribution in [2.45, 2.75) is 62.5 Å². The third-order valence-electron chi connectivity index (χ3n) is 5.85. The normalized spacial score (nSPS) is 16.6. The Hall–Kier alpha value is -1.51. The zero-order chi connectivity index (χ0) is 18.4. The van der Waals surface area contributed by atoms with Crippen LogP contribution in [-0.2, 0) is 6.42 Å². The third-order valence-corrected chi connectivity index (χ3v) is 8.24. The Balaban J connectivity index is 1.48. The van der Waals surface area contributed by atoms with Crippen molar-refractivity contribution in [2.24, 2.45) is 0 Å². The molecule has 138 valence electrons. The number of aryl methyl sites for hydroxylation is 1. The Morgan fingerprint density at radius 3 is 2.41 bits per heavy atom. The smallest absolute Gasteiger partial charge is 0.0351 e. The molecule has 0 saturated carbocycles. The summed E-state index contributed by atoms with van der Waals surface area (Å²) < 4.78 is 1.41. The van der Waals surface area contributed by atoms with E-state index in [-0.39, 0.29) is 0 Å². The van der Waals surface area contributed by atoms with Crippen molar-refractivity contribution in [3.63, 3.8) is 0 Å². The van der Waals surface area contributed by atoms with Gasteiger partial charge in [0.2, 0.25) is 0 Å². The predicted octanol–water partition coefficient (Wildman–Crippen LogP) is 8.50. The van der Waals surface area contributed by atoms with Gasteiger partial charge in [-0.2, -0.15) is 0 Å². The van der Waals surface area contributed by atoms with E-state index in [2.05, 4.69) is 68.1 Å². The van der Waals surface area contributed by atoms with Crippen molar-refractivity contribution in [1.82, 2.24) is 0 Å². The summed E-state index contributed by atoms with van der Waals surface area (Å²) in [5, 5.41) is 7.71. The van der Waals surface area contributed by atoms with E-state index in [4.69, 9.17) is 0 Å². The molecule has 0 nitrogen and oxygen atoms in total. The van der Waals surface area contributed by atoms with Gasteiger partial charge in [-0.1, -0.05) is 32.6 Å². The van der Waals surface area contributed by atoms with E-state index >= 15 is 0 Å². The van der Waals surface area contributed by atoms with Crippen LogP contribution in [0.2, 0.25) is 0 Å². The van der Waals surface area contributed by atoms with E-state index in [1.54, 1.807) is 5.56 Å². The number of rotatable bonds is 5. The summed E-state index contributed by atoms with van der Waals surface area (Å²) in [5.74, 6) is 0. The van der Waals surface area contributed by atoms with Crippen molar-refractivity contribution in [1.29, 1.82) is 0 Å². The maximum Gasteiger partial charge on any atom is 0.0351 e. The van der Waals surface area contributed by atoms with Crippen LogP contribution in [-0.4, -0.2) is 5.25 Å². The molecule has 0 spiro atoms. The number of thioether (sulfide) groups is 1. The van der Waals surface area contributed by atoms with Gasteiger partial charge in [0.25, 0.3) is 0 Å². The summed E-state index contributed by atoms with van der Waals surface area (Å²) >= 11 is 4.02. The summed E-state index contributed by atoms with van der Waals surface area (Å²) in [6.07, 6.45) is 8.12. The van der Waals surface area contributed by atoms with Crippen molar-refractivity contribution in [2.75, 3.05) is 0 Å². The van der Waals surface area contributed by atoms with Crippen molar-refractivity contribution in [3.8, 4) is 0 Å². The summed E-state index contributed by atoms with van der Waals surface area (Å²) in [6, 6.07) is 16.8. The van der Waals surface area contributed by atoms with Gasteiger partial charge in [0, 0.05) is 19.7 Å². The zero-order valence-electron chi connectivity index (χ0n) is 16.2. The van der Waals surface area contributed by atoms with E-state index < -0.39 is 0 Å². The van der Waals surface area contributed by atoms with E-state index in [9.17, 15) is 0 Å². The Morgan fingerprint density at radius 2 is 1.56 bits per heavy atom. The van der Waals surface area contributed by atoms with Gasteiger partial charge in [0.15, 0.2) is 0 Å². The lowest BCUT2D eigenvalue weighted by Gasteiger charge is -2.07. The molecule has 0 aliphatic carbocycles. The molecule has 0 radical (unpaired) electrons. The highest BCUT2D eigenvalue weighted by Gasteiger charge is 2.22. The second-order valence-electron chi connectivity index (χ2n) is 8.05. The number of thiophene rings is 1. The number of hydrogen-bond acceptors (Lipinski definition) is 2. The van der Waals surface area contributed by atoms with Gasteiger partial charge in [-0.15, -0.1) is 23.1 Å². The van der Waals surface area contributed by atoms with Crippen LogP contribution in [0.1, 0.15) is 49.5 Å². The minimum Gasteiger partial charge on any atom is -0.141 e. The highest BCUT2D eigenvalue weighted by Crippen LogP contribution is 2.42. The molecule has 5 rings (SSSR count). The molecule has 1 aliphatic heterocycles. The molecule has 1 aliphatic rings. The first-order valence-corrected chi connectivity index (χ1v) is 12.0. The first-order valence-electron chi connectivity index (χ1n) is 10.3. The van der Waals surface area contributed by atoms with Crippen LogP contribution >= 0.6 is 23.1 Å². The van der Waals surface area contributed by atoms with Crippen molar-refractivity contribution < 1.29 is 0 Å². The highest BCUT2D eigenvalue weighted by molar-refractivity contribution is 8.00. The molecule has 0 fully saturated rings. The van der Waals surface area contributed by atoms with Crippen LogP contribution in [0.15, 0.2) is 47.4 Å². The summed E-state index contributed by atoms with van der Waals surface area (Å²) in [6.45, 7) is 4.49. The van der Waals surface area contributed by atoms with Crippen LogP contribution in [0.4, 0.5) is 0 Å². The Morgan fingerprint density at radius 1 is 0.815 bits per heavy atom. The maximum atomic E-state index is 2.47. The van der Waals surface area contributed by atoms with E-state index in [0.717, 1.165) is 5.25 Å². The summed E-state index contributed by atoms with van der Waals surface area (Å²) in [7, 11) is 0. The number of hydrogen-bond donors (Lipinski definition) is 0. The van der Waals surface area contributed by atoms with Crippen molar-refractivity contribution >= 4 is 54.7 Å². The number of benzene rings is 3. The molecule has 0 saturated heterocycles. The number of fused-ring (bicyclic) bond motifs is 4. The van der Waals surface area contributed by atoms with Crippen LogP contribution in [0, 0.1) is 6.92 Å². The molecule has 0 bridgehead atoms. The van der Waals surface area contributed by atoms with Crippen LogP contribution in [0.5, 0.6) is 0 Å². The lowest BCUT2D eigenvalue weighted by molar-refractivity contribution is 0.619. The Kier molecular flexibility index (Phi) is 4.65. The fourth-order valence-corrected chi connectivity index (χ4v) is 6.79. The van der Waals surface area contributed by atoms with Gasteiger partial charge in [-0.05, 0) is 94.7 Å². The zero-order valence-corrected chi connectivity index (χ0v) is 17.8. The second-order valence-corrected chi connectivity index (χ2v) is 10.7. The van der Waals surface area contributed by atoms with Gasteiger partial charge < -0.3 is 0 Å². The van der Waals surface area contributed by atoms with Gasteiger partial charge >= 0.3 is 0 Å². The van der Waals surface area contributed by atoms with Crippen molar-refractivity contribution in [3.05, 3.63) is 52.9 Å². The average molecular weight is 391 g/mol. The molecular weight excluding hydrogens is 364 g/mol. The molecule has 2 heteroatoms. The fraction of sp³-hybridized carbons (Fsp3) is 0.360. The van der Waals surface area contributed by atoms with Crippen LogP contribution in [0.3, 0.4) is 0 Å². The predicted molar refractivity (Wildman–Crippen MR) is 124 cm³/mol. The minimum atomic E-state index is 0.788. The minimum absolute atomic E-state index is 0.788. The highest BCUT2D eigenvalue weighted by atomic mass is 32.2. The summed E-state index contributed by atoms with van der Waals surface area (Å²) in [5.41, 5.74) is 1.57. The molecule has 4 aromatic rings. The van der Waals surface area contributed by atoms with Crippen LogP contribution in [0.25, 0.3) is 31.6 Å². The van der Waals surface area contributed by atoms with Crippen LogP contribution < -0.4 is 0 Å². The lowest BCUT2D eigenvalue weighted by atomic mass is 9.98. The largest absolute Gasteiger partial charge is 0.141 e. The van der Waals surface area contributed by atoms with E-state index in [1.165, 1.54) is 79.9 Å². The molecular formula is C25H26S2. The Bertz CT molecular complexity index is 1050. The average Bonchev–Trinajstić information content (AvgIpc) is 3.20. The number of unbranched alkanes of at least 4 members (excludes halogenated alkanes) is 3. The molecule has 3 aromatic carbocycles.